The van der Waals surface area contributed by atoms with Gasteiger partial charge in [0.1, 0.15) is 11.6 Å². The summed E-state index contributed by atoms with van der Waals surface area (Å²) in [5.41, 5.74) is 2.36. The monoisotopic (exact) mass is 403 g/mol. The molecule has 0 spiro atoms. The Hall–Kier alpha value is -2.05. The molecule has 0 saturated carbocycles. The number of rotatable bonds is 8. The Labute approximate surface area is 169 Å². The van der Waals surface area contributed by atoms with Crippen LogP contribution in [-0.4, -0.2) is 18.2 Å². The zero-order valence-corrected chi connectivity index (χ0v) is 17.1. The molecule has 0 radical (unpaired) electrons. The van der Waals surface area contributed by atoms with E-state index in [2.05, 4.69) is 19.2 Å². The van der Waals surface area contributed by atoms with Crippen LogP contribution in [0.1, 0.15) is 43.2 Å². The Kier molecular flexibility index (Phi) is 7.34. The fourth-order valence-electron chi connectivity index (χ4n) is 2.96. The van der Waals surface area contributed by atoms with Crippen LogP contribution >= 0.6 is 11.8 Å². The molecule has 0 unspecified atom stereocenters. The van der Waals surface area contributed by atoms with Crippen molar-refractivity contribution < 1.29 is 18.7 Å². The molecule has 1 heterocycles. The SMILES string of the molecule is CC(C)CCNC(=O)CSCc1cc(F)cc2c1O[C@@H](c1ccccc1)OC2. The largest absolute Gasteiger partial charge is 0.460 e. The molecule has 0 aromatic heterocycles. The van der Waals surface area contributed by atoms with E-state index in [4.69, 9.17) is 9.47 Å². The first kappa shape index (κ1) is 20.7. The quantitative estimate of drug-likeness (QED) is 0.686. The number of thioether (sulfide) groups is 1. The number of halogens is 1. The lowest BCUT2D eigenvalue weighted by molar-refractivity contribution is -0.118. The third kappa shape index (κ3) is 5.72. The van der Waals surface area contributed by atoms with Crippen LogP contribution in [0, 0.1) is 11.7 Å². The lowest BCUT2D eigenvalue weighted by Gasteiger charge is -2.28. The topological polar surface area (TPSA) is 47.6 Å². The van der Waals surface area contributed by atoms with Gasteiger partial charge in [0.2, 0.25) is 12.2 Å². The third-order valence-corrected chi connectivity index (χ3v) is 5.41. The molecule has 0 fully saturated rings. The van der Waals surface area contributed by atoms with Gasteiger partial charge in [-0.2, -0.15) is 0 Å². The molecule has 1 N–H and O–H groups in total. The summed E-state index contributed by atoms with van der Waals surface area (Å²) in [6.45, 7) is 5.23. The van der Waals surface area contributed by atoms with Crippen LogP contribution in [0.2, 0.25) is 0 Å². The fourth-order valence-corrected chi connectivity index (χ4v) is 3.79. The van der Waals surface area contributed by atoms with Crippen LogP contribution in [0.4, 0.5) is 4.39 Å². The standard InChI is InChI=1S/C22H26FNO3S/c1-15(2)8-9-24-20(25)14-28-13-18-11-19(23)10-17-12-26-22(27-21(17)18)16-6-4-3-5-7-16/h3-7,10-11,15,22H,8-9,12-14H2,1-2H3,(H,24,25)/t22-/m0/s1. The molecule has 1 aliphatic rings. The van der Waals surface area contributed by atoms with Crippen molar-refractivity contribution in [2.45, 2.75) is 38.9 Å². The van der Waals surface area contributed by atoms with E-state index >= 15 is 0 Å². The summed E-state index contributed by atoms with van der Waals surface area (Å²) in [5, 5.41) is 2.92. The first-order valence-corrected chi connectivity index (χ1v) is 10.7. The number of nitrogens with one attached hydrogen (secondary N) is 1. The van der Waals surface area contributed by atoms with Gasteiger partial charge in [-0.25, -0.2) is 4.39 Å². The normalized spacial score (nSPS) is 15.8. The highest BCUT2D eigenvalue weighted by atomic mass is 32.2. The Balaban J connectivity index is 1.61. The van der Waals surface area contributed by atoms with Crippen molar-refractivity contribution in [1.29, 1.82) is 0 Å². The lowest BCUT2D eigenvalue weighted by Crippen LogP contribution is -2.27. The first-order chi connectivity index (χ1) is 13.5. The average molecular weight is 404 g/mol. The van der Waals surface area contributed by atoms with Gasteiger partial charge in [-0.15, -0.1) is 11.8 Å². The van der Waals surface area contributed by atoms with Crippen LogP contribution < -0.4 is 10.1 Å². The summed E-state index contributed by atoms with van der Waals surface area (Å²) < 4.78 is 25.8. The third-order valence-electron chi connectivity index (χ3n) is 4.43. The van der Waals surface area contributed by atoms with Gasteiger partial charge in [0.25, 0.3) is 0 Å². The minimum Gasteiger partial charge on any atom is -0.460 e. The molecule has 4 nitrogen and oxygen atoms in total. The van der Waals surface area contributed by atoms with E-state index in [1.807, 2.05) is 30.3 Å². The summed E-state index contributed by atoms with van der Waals surface area (Å²) >= 11 is 1.45. The molecule has 1 aliphatic heterocycles. The van der Waals surface area contributed by atoms with Crippen molar-refractivity contribution in [2.75, 3.05) is 12.3 Å². The van der Waals surface area contributed by atoms with E-state index in [1.165, 1.54) is 23.9 Å². The number of fused-ring (bicyclic) bond motifs is 1. The van der Waals surface area contributed by atoms with Crippen LogP contribution in [0.3, 0.4) is 0 Å². The van der Waals surface area contributed by atoms with E-state index in [0.717, 1.165) is 17.5 Å². The predicted molar refractivity (Wildman–Crippen MR) is 110 cm³/mol. The fraction of sp³-hybridized carbons (Fsp3) is 0.409. The maximum atomic E-state index is 14.0. The van der Waals surface area contributed by atoms with E-state index in [0.29, 0.717) is 41.9 Å². The number of hydrogen-bond donors (Lipinski definition) is 1. The maximum absolute atomic E-state index is 14.0. The van der Waals surface area contributed by atoms with E-state index in [9.17, 15) is 9.18 Å². The highest BCUT2D eigenvalue weighted by molar-refractivity contribution is 7.99. The molecule has 6 heteroatoms. The lowest BCUT2D eigenvalue weighted by atomic mass is 10.1. The second-order valence-corrected chi connectivity index (χ2v) is 8.24. The van der Waals surface area contributed by atoms with Crippen molar-refractivity contribution in [3.8, 4) is 5.75 Å². The number of ether oxygens (including phenoxy) is 2. The Morgan fingerprint density at radius 1 is 1.29 bits per heavy atom. The minimum absolute atomic E-state index is 0.00216. The smallest absolute Gasteiger partial charge is 0.230 e. The summed E-state index contributed by atoms with van der Waals surface area (Å²) in [7, 11) is 0. The Bertz CT molecular complexity index is 798. The van der Waals surface area contributed by atoms with Gasteiger partial charge >= 0.3 is 0 Å². The molecule has 0 bridgehead atoms. The van der Waals surface area contributed by atoms with Gasteiger partial charge < -0.3 is 14.8 Å². The van der Waals surface area contributed by atoms with Crippen LogP contribution in [0.15, 0.2) is 42.5 Å². The van der Waals surface area contributed by atoms with Crippen molar-refractivity contribution in [3.63, 3.8) is 0 Å². The summed E-state index contributed by atoms with van der Waals surface area (Å²) in [5.74, 6) is 1.74. The number of hydrogen-bond acceptors (Lipinski definition) is 4. The summed E-state index contributed by atoms with van der Waals surface area (Å²) in [4.78, 5) is 12.0. The molecular weight excluding hydrogens is 377 g/mol. The Morgan fingerprint density at radius 2 is 2.07 bits per heavy atom. The zero-order valence-electron chi connectivity index (χ0n) is 16.2. The molecule has 28 heavy (non-hydrogen) atoms. The van der Waals surface area contributed by atoms with E-state index in [-0.39, 0.29) is 11.7 Å². The van der Waals surface area contributed by atoms with Crippen molar-refractivity contribution in [1.82, 2.24) is 5.32 Å². The van der Waals surface area contributed by atoms with Gasteiger partial charge in [0, 0.05) is 29.0 Å². The highest BCUT2D eigenvalue weighted by Crippen LogP contribution is 2.37. The molecule has 1 atom stereocenters. The molecule has 2 aromatic rings. The van der Waals surface area contributed by atoms with Crippen molar-refractivity contribution in [3.05, 3.63) is 65.0 Å². The Morgan fingerprint density at radius 3 is 2.82 bits per heavy atom. The molecule has 0 aliphatic carbocycles. The summed E-state index contributed by atoms with van der Waals surface area (Å²) in [6, 6.07) is 12.6. The molecular formula is C22H26FNO3S. The molecule has 0 saturated heterocycles. The van der Waals surface area contributed by atoms with Gasteiger partial charge in [0.15, 0.2) is 0 Å². The number of benzene rings is 2. The molecule has 150 valence electrons. The first-order valence-electron chi connectivity index (χ1n) is 9.52. The zero-order chi connectivity index (χ0) is 19.9. The van der Waals surface area contributed by atoms with Gasteiger partial charge in [-0.3, -0.25) is 4.79 Å². The average Bonchev–Trinajstić information content (AvgIpc) is 2.68. The van der Waals surface area contributed by atoms with Crippen molar-refractivity contribution in [2.24, 2.45) is 5.92 Å². The predicted octanol–water partition coefficient (Wildman–Crippen LogP) is 4.83. The molecule has 3 rings (SSSR count). The molecule has 1 amide bonds. The van der Waals surface area contributed by atoms with Crippen molar-refractivity contribution >= 4 is 17.7 Å². The van der Waals surface area contributed by atoms with Gasteiger partial charge in [-0.1, -0.05) is 44.2 Å². The number of amides is 1. The van der Waals surface area contributed by atoms with Gasteiger partial charge in [-0.05, 0) is 24.5 Å². The number of carbonyl (C=O) groups excluding carboxylic acids is 1. The maximum Gasteiger partial charge on any atom is 0.230 e. The van der Waals surface area contributed by atoms with Crippen LogP contribution in [0.25, 0.3) is 0 Å². The second-order valence-electron chi connectivity index (χ2n) is 7.25. The van der Waals surface area contributed by atoms with E-state index in [1.54, 1.807) is 0 Å². The second kappa shape index (κ2) is 9.94. The van der Waals surface area contributed by atoms with E-state index < -0.39 is 6.29 Å². The van der Waals surface area contributed by atoms with Crippen LogP contribution in [0.5, 0.6) is 5.75 Å². The minimum atomic E-state index is -0.512. The van der Waals surface area contributed by atoms with Crippen LogP contribution in [-0.2, 0) is 21.9 Å². The van der Waals surface area contributed by atoms with Gasteiger partial charge in [0.05, 0.1) is 12.4 Å². The molecule has 2 aromatic carbocycles. The summed E-state index contributed by atoms with van der Waals surface area (Å²) in [6.07, 6.45) is 0.449. The highest BCUT2D eigenvalue weighted by Gasteiger charge is 2.25. The number of carbonyl (C=O) groups is 1.